The first-order chi connectivity index (χ1) is 39.6. The summed E-state index contributed by atoms with van der Waals surface area (Å²) in [5.74, 6) is -2.59. The number of halogens is 3. The van der Waals surface area contributed by atoms with Crippen LogP contribution in [0.2, 0.25) is 0 Å². The first-order valence-corrected chi connectivity index (χ1v) is 29.1. The first kappa shape index (κ1) is 58.0. The van der Waals surface area contributed by atoms with E-state index in [1.165, 1.54) is 31.2 Å². The summed E-state index contributed by atoms with van der Waals surface area (Å²) in [7, 11) is 2.03. The van der Waals surface area contributed by atoms with E-state index in [2.05, 4.69) is 101 Å². The molecule has 4 unspecified atom stereocenters. The average Bonchev–Trinajstić information content (AvgIpc) is 2.66. The Kier molecular flexibility index (Phi) is 16.2. The molecule has 0 saturated heterocycles. The van der Waals surface area contributed by atoms with Gasteiger partial charge in [-0.2, -0.15) is 0 Å². The van der Waals surface area contributed by atoms with Gasteiger partial charge in [0.25, 0.3) is 0 Å². The molecule has 0 amide bonds. The van der Waals surface area contributed by atoms with Gasteiger partial charge in [0.05, 0.1) is 23.7 Å². The van der Waals surface area contributed by atoms with Crippen molar-refractivity contribution in [1.29, 1.82) is 0 Å². The van der Waals surface area contributed by atoms with Crippen LogP contribution in [-0.2, 0) is 13.5 Å². The topological polar surface area (TPSA) is 152 Å². The third kappa shape index (κ3) is 10.7. The molecule has 10 nitrogen and oxygen atoms in total. The van der Waals surface area contributed by atoms with Gasteiger partial charge < -0.3 is 29.5 Å². The molecule has 6 aromatic heterocycles. The van der Waals surface area contributed by atoms with Crippen LogP contribution in [0.15, 0.2) is 121 Å². The van der Waals surface area contributed by atoms with Gasteiger partial charge in [-0.15, -0.1) is 0 Å². The second kappa shape index (κ2) is 23.2. The fourth-order valence-electron chi connectivity index (χ4n) is 13.4. The van der Waals surface area contributed by atoms with Crippen molar-refractivity contribution < 1.29 is 28.0 Å². The molecule has 6 heterocycles. The molecule has 4 atom stereocenters. The van der Waals surface area contributed by atoms with Gasteiger partial charge in [-0.05, 0) is 210 Å². The van der Waals surface area contributed by atoms with Gasteiger partial charge in [0.15, 0.2) is 23.1 Å². The van der Waals surface area contributed by atoms with E-state index in [4.69, 9.17) is 0 Å². The zero-order chi connectivity index (χ0) is 59.5. The Morgan fingerprint density at radius 1 is 0.470 bits per heavy atom. The zero-order valence-electron chi connectivity index (χ0n) is 49.0. The molecule has 4 aromatic carbocycles. The molecule has 10 aromatic rings. The van der Waals surface area contributed by atoms with E-state index in [1.54, 1.807) is 38.1 Å². The molecule has 0 spiro atoms. The van der Waals surface area contributed by atoms with Crippen molar-refractivity contribution in [3.05, 3.63) is 277 Å². The Morgan fingerprint density at radius 3 is 1.40 bits per heavy atom. The summed E-state index contributed by atoms with van der Waals surface area (Å²) >= 11 is 2.39. The first-order valence-electron chi connectivity index (χ1n) is 28.1. The molecule has 83 heavy (non-hydrogen) atoms. The van der Waals surface area contributed by atoms with Crippen LogP contribution in [0.25, 0.3) is 0 Å². The van der Waals surface area contributed by atoms with Crippen molar-refractivity contribution in [2.45, 2.75) is 113 Å². The number of nitrogens with one attached hydrogen (secondary N) is 5. The van der Waals surface area contributed by atoms with E-state index < -0.39 is 17.7 Å². The van der Waals surface area contributed by atoms with Crippen LogP contribution in [0.5, 0.6) is 0 Å². The summed E-state index contributed by atoms with van der Waals surface area (Å²) in [6.07, 6.45) is 0.333. The number of benzene rings is 4. The number of H-pyrrole nitrogens is 5. The lowest BCUT2D eigenvalue weighted by Gasteiger charge is -2.23. The largest absolute Gasteiger partial charge is 0.361 e. The number of aromatic amines is 5. The van der Waals surface area contributed by atoms with Crippen molar-refractivity contribution in [2.75, 3.05) is 0 Å². The maximum absolute atomic E-state index is 15.0. The van der Waals surface area contributed by atoms with Gasteiger partial charge in [-0.25, -0.2) is 8.78 Å². The molecule has 0 fully saturated rings. The molecule has 0 bridgehead atoms. The van der Waals surface area contributed by atoms with Crippen LogP contribution in [0.1, 0.15) is 211 Å². The SMILES string of the molecule is CC(=O)c1c(C)[nH]c(C(c2ccc(F)cc2)c2ccc(C(c3ccc(F)cc3)c3[nH]c(CCC(=O)c4c(C)[nH]c(C(c5ccc(C(c6ccccc6C)c6c(C)c(C(C)=O)c(C)n6C)[nH]5)c5ccccc5I)c4C)c(C(C)=O)c3C)[nH]2)c1C. The Morgan fingerprint density at radius 2 is 0.904 bits per heavy atom. The summed E-state index contributed by atoms with van der Waals surface area (Å²) in [5, 5.41) is 0. The van der Waals surface area contributed by atoms with Gasteiger partial charge in [0.1, 0.15) is 11.6 Å². The van der Waals surface area contributed by atoms with Crippen molar-refractivity contribution in [3.8, 4) is 0 Å². The lowest BCUT2D eigenvalue weighted by atomic mass is 9.87. The third-order valence-corrected chi connectivity index (χ3v) is 18.2. The van der Waals surface area contributed by atoms with E-state index >= 15 is 0 Å². The lowest BCUT2D eigenvalue weighted by molar-refractivity contribution is 0.0974. The van der Waals surface area contributed by atoms with Gasteiger partial charge in [0, 0.05) is 108 Å². The van der Waals surface area contributed by atoms with Crippen LogP contribution < -0.4 is 0 Å². The summed E-state index contributed by atoms with van der Waals surface area (Å²) in [6.45, 7) is 20.5. The molecule has 0 saturated carbocycles. The Balaban J connectivity index is 1.01. The van der Waals surface area contributed by atoms with E-state index in [9.17, 15) is 28.0 Å². The summed E-state index contributed by atoms with van der Waals surface area (Å²) < 4.78 is 32.4. The highest BCUT2D eigenvalue weighted by molar-refractivity contribution is 14.1. The van der Waals surface area contributed by atoms with E-state index in [0.717, 1.165) is 111 Å². The molecule has 0 aliphatic rings. The molecule has 424 valence electrons. The van der Waals surface area contributed by atoms with Crippen LogP contribution in [-0.4, -0.2) is 52.6 Å². The van der Waals surface area contributed by atoms with Crippen LogP contribution in [0, 0.1) is 70.6 Å². The number of carbonyl (C=O) groups excluding carboxylic acids is 4. The van der Waals surface area contributed by atoms with Gasteiger partial charge >= 0.3 is 0 Å². The third-order valence-electron chi connectivity index (χ3n) is 17.2. The quantitative estimate of drug-likeness (QED) is 0.0404. The minimum atomic E-state index is -0.548. The van der Waals surface area contributed by atoms with E-state index in [0.29, 0.717) is 33.6 Å². The standard InChI is InChI=1S/C70H69F2IN6O4/c1-35-17-13-14-18-50(35)66(70-39(5)61(44(10)81)42(8)79(70)12)57-32-31-56(77-57)65(51-19-15-16-20-52(51)73)69-37(3)60(41(7)75-69)58(83)34-33-53-62(45(11)82)38(4)68(78-53)64(47-23-27-49(72)28-24-47)55-30-29-54(76-55)63(46-21-25-48(71)26-22-46)67-36(2)59(43(9)80)40(6)74-67/h13-32,63-66,74-78H,33-34H2,1-12H3. The van der Waals surface area contributed by atoms with Crippen molar-refractivity contribution in [1.82, 2.24) is 29.5 Å². The second-order valence-corrected chi connectivity index (χ2v) is 23.6. The molecule has 0 aliphatic heterocycles. The van der Waals surface area contributed by atoms with Crippen LogP contribution >= 0.6 is 22.6 Å². The number of nitrogens with zero attached hydrogens (tertiary/aromatic N) is 1. The van der Waals surface area contributed by atoms with E-state index in [-0.39, 0.29) is 53.6 Å². The predicted octanol–water partition coefficient (Wildman–Crippen LogP) is 16.2. The number of carbonyl (C=O) groups is 4. The fourth-order valence-corrected chi connectivity index (χ4v) is 14.1. The smallest absolute Gasteiger partial charge is 0.165 e. The van der Waals surface area contributed by atoms with Crippen LogP contribution in [0.3, 0.4) is 0 Å². The number of hydrogen-bond donors (Lipinski definition) is 5. The molecule has 5 N–H and O–H groups in total. The summed E-state index contributed by atoms with van der Waals surface area (Å²) in [4.78, 5) is 73.2. The number of Topliss-reactive ketones (excluding diaryl/α,β-unsaturated/α-hetero) is 4. The van der Waals surface area contributed by atoms with Gasteiger partial charge in [-0.1, -0.05) is 66.7 Å². The number of ketones is 4. The van der Waals surface area contributed by atoms with E-state index in [1.807, 2.05) is 85.8 Å². The number of aromatic nitrogens is 6. The maximum Gasteiger partial charge on any atom is 0.165 e. The number of rotatable bonds is 19. The normalized spacial score (nSPS) is 13.1. The lowest BCUT2D eigenvalue weighted by Crippen LogP contribution is -2.13. The van der Waals surface area contributed by atoms with Gasteiger partial charge in [0.2, 0.25) is 0 Å². The minimum absolute atomic E-state index is 0.0319. The molecule has 0 aliphatic carbocycles. The number of aryl methyl sites for hydroxylation is 4. The minimum Gasteiger partial charge on any atom is -0.361 e. The molecule has 0 radical (unpaired) electrons. The molecule has 13 heteroatoms. The Hall–Kier alpha value is -8.17. The Labute approximate surface area is 497 Å². The van der Waals surface area contributed by atoms with Gasteiger partial charge in [-0.3, -0.25) is 19.2 Å². The molecular formula is C70H69F2IN6O4. The maximum atomic E-state index is 15.0. The fraction of sp³-hybridized carbons (Fsp3) is 0.257. The highest BCUT2D eigenvalue weighted by Gasteiger charge is 2.34. The summed E-state index contributed by atoms with van der Waals surface area (Å²) in [5.41, 5.74) is 20.5. The highest BCUT2D eigenvalue weighted by atomic mass is 127. The zero-order valence-corrected chi connectivity index (χ0v) is 51.1. The van der Waals surface area contributed by atoms with Crippen LogP contribution in [0.4, 0.5) is 8.78 Å². The monoisotopic (exact) mass is 1220 g/mol. The summed E-state index contributed by atoms with van der Waals surface area (Å²) in [6, 6.07) is 37.5. The predicted molar refractivity (Wildman–Crippen MR) is 332 cm³/mol. The molecular weight excluding hydrogens is 1150 g/mol. The van der Waals surface area contributed by atoms with Crippen molar-refractivity contribution in [3.63, 3.8) is 0 Å². The van der Waals surface area contributed by atoms with Crippen molar-refractivity contribution >= 4 is 45.7 Å². The number of hydrogen-bond acceptors (Lipinski definition) is 4. The molecule has 10 rings (SSSR count). The Bertz CT molecular complexity index is 4160. The average molecular weight is 1220 g/mol. The highest BCUT2D eigenvalue weighted by Crippen LogP contribution is 2.44. The second-order valence-electron chi connectivity index (χ2n) is 22.4. The van der Waals surface area contributed by atoms with Crippen molar-refractivity contribution in [2.24, 2.45) is 7.05 Å².